The van der Waals surface area contributed by atoms with Crippen LogP contribution in [0.4, 0.5) is 0 Å². The van der Waals surface area contributed by atoms with Crippen LogP contribution in [0.15, 0.2) is 0 Å². The van der Waals surface area contributed by atoms with Gasteiger partial charge in [0.15, 0.2) is 0 Å². The summed E-state index contributed by atoms with van der Waals surface area (Å²) < 4.78 is 18.5. The van der Waals surface area contributed by atoms with Crippen LogP contribution < -0.4 is 0 Å². The third-order valence-corrected chi connectivity index (χ3v) is 10.1. The van der Waals surface area contributed by atoms with E-state index in [0.717, 1.165) is 4.18 Å². The van der Waals surface area contributed by atoms with Crippen LogP contribution in [-0.2, 0) is 20.8 Å². The summed E-state index contributed by atoms with van der Waals surface area (Å²) in [4.78, 5) is 0. The quantitative estimate of drug-likeness (QED) is 0.476. The van der Waals surface area contributed by atoms with E-state index >= 15 is 0 Å². The van der Waals surface area contributed by atoms with E-state index in [1.165, 1.54) is 0 Å². The predicted molar refractivity (Wildman–Crippen MR) is 53.4 cm³/mol. The molecule has 1 aliphatic rings. The van der Waals surface area contributed by atoms with E-state index in [4.69, 9.17) is 16.7 Å². The molecule has 1 unspecified atom stereocenters. The molecule has 0 amide bonds. The topological polar surface area (TPSA) is 80.9 Å². The Bertz CT molecular complexity index is 125. The van der Waals surface area contributed by atoms with E-state index in [1.54, 1.807) is 27.7 Å². The Hall–Kier alpha value is 0.710. The van der Waals surface area contributed by atoms with Gasteiger partial charge in [-0.1, -0.05) is 0 Å². The molecule has 14 heavy (non-hydrogen) atoms. The molecular formula is C9H24HfO4. The van der Waals surface area contributed by atoms with Crippen molar-refractivity contribution < 1.29 is 37.5 Å². The van der Waals surface area contributed by atoms with Gasteiger partial charge < -0.3 is 10.2 Å². The van der Waals surface area contributed by atoms with Crippen molar-refractivity contribution in [2.75, 3.05) is 0 Å². The van der Waals surface area contributed by atoms with Gasteiger partial charge in [-0.25, -0.2) is 0 Å². The Balaban J connectivity index is 0. The van der Waals surface area contributed by atoms with E-state index < -0.39 is 20.8 Å². The second kappa shape index (κ2) is 7.93. The second-order valence-corrected chi connectivity index (χ2v) is 15.5. The van der Waals surface area contributed by atoms with Gasteiger partial charge >= 0.3 is 42.1 Å². The molecule has 0 saturated carbocycles. The number of aliphatic hydroxyl groups excluding tert-OH is 2. The van der Waals surface area contributed by atoms with Crippen LogP contribution in [0, 0.1) is 0 Å². The van der Waals surface area contributed by atoms with Gasteiger partial charge in [-0.3, -0.25) is 0 Å². The second-order valence-electron chi connectivity index (χ2n) is 4.17. The minimum absolute atomic E-state index is 0.167. The number of rotatable bonds is 0. The first-order chi connectivity index (χ1) is 6.09. The van der Waals surface area contributed by atoms with Crippen molar-refractivity contribution in [2.45, 2.75) is 54.7 Å². The molecule has 88 valence electrons. The molecule has 1 atom stereocenters. The van der Waals surface area contributed by atoms with E-state index in [-0.39, 0.29) is 12.2 Å². The van der Waals surface area contributed by atoms with Gasteiger partial charge in [0.25, 0.3) is 0 Å². The van der Waals surface area contributed by atoms with Gasteiger partial charge in [0.1, 0.15) is 0 Å². The van der Waals surface area contributed by atoms with Crippen LogP contribution in [0.1, 0.15) is 34.6 Å². The zero-order valence-corrected chi connectivity index (χ0v) is 13.3. The molecule has 0 aromatic carbocycles. The van der Waals surface area contributed by atoms with Crippen molar-refractivity contribution in [1.29, 1.82) is 0 Å². The molecule has 1 aliphatic heterocycles. The number of hydrogen-bond donors (Lipinski definition) is 4. The van der Waals surface area contributed by atoms with Gasteiger partial charge in [0, 0.05) is 12.2 Å². The SMILES string of the molecule is CC(C)O.CC(C)O.C[CH]1[CH2][Hf]1([OH])[OH]. The third-order valence-electron chi connectivity index (χ3n) is 1.24. The maximum atomic E-state index is 8.68. The summed E-state index contributed by atoms with van der Waals surface area (Å²) in [5, 5.41) is 16.1. The van der Waals surface area contributed by atoms with E-state index in [9.17, 15) is 0 Å². The summed E-state index contributed by atoms with van der Waals surface area (Å²) in [6.07, 6.45) is -0.333. The van der Waals surface area contributed by atoms with Crippen LogP contribution in [0.25, 0.3) is 0 Å². The van der Waals surface area contributed by atoms with Crippen LogP contribution >= 0.6 is 0 Å². The Morgan fingerprint density at radius 1 is 1.00 bits per heavy atom. The molecule has 0 aliphatic carbocycles. The van der Waals surface area contributed by atoms with Gasteiger partial charge in [-0.2, -0.15) is 0 Å². The molecule has 1 rings (SSSR count). The van der Waals surface area contributed by atoms with Crippen molar-refractivity contribution >= 4 is 0 Å². The maximum absolute atomic E-state index is 8.68. The average Bonchev–Trinajstić information content (AvgIpc) is 2.32. The summed E-state index contributed by atoms with van der Waals surface area (Å²) in [6, 6.07) is 0. The summed E-state index contributed by atoms with van der Waals surface area (Å²) in [5.74, 6) is 0. The molecule has 1 heterocycles. The summed E-state index contributed by atoms with van der Waals surface area (Å²) in [7, 11) is 0. The molecule has 1 fully saturated rings. The van der Waals surface area contributed by atoms with Crippen LogP contribution in [0.5, 0.6) is 0 Å². The Morgan fingerprint density at radius 3 is 1.07 bits per heavy atom. The molecule has 0 spiro atoms. The number of hydrogen-bond acceptors (Lipinski definition) is 4. The molecule has 0 aromatic rings. The molecule has 0 aromatic heterocycles. The van der Waals surface area contributed by atoms with E-state index in [1.807, 2.05) is 6.92 Å². The van der Waals surface area contributed by atoms with Gasteiger partial charge in [0.2, 0.25) is 0 Å². The Kier molecular flexibility index (Phi) is 9.70. The van der Waals surface area contributed by atoms with Gasteiger partial charge in [0.05, 0.1) is 0 Å². The van der Waals surface area contributed by atoms with Crippen LogP contribution in [0.2, 0.25) is 7.85 Å². The zero-order chi connectivity index (χ0) is 11.9. The zero-order valence-electron chi connectivity index (χ0n) is 9.73. The van der Waals surface area contributed by atoms with Gasteiger partial charge in [-0.15, -0.1) is 0 Å². The van der Waals surface area contributed by atoms with E-state index in [2.05, 4.69) is 0 Å². The first kappa shape index (κ1) is 17.1. The minimum atomic E-state index is -3.17. The fraction of sp³-hybridized carbons (Fsp3) is 1.00. The third kappa shape index (κ3) is 18.5. The Labute approximate surface area is 92.1 Å². The number of aliphatic hydroxyl groups is 2. The van der Waals surface area contributed by atoms with Crippen LogP contribution in [0.3, 0.4) is 0 Å². The average molecular weight is 375 g/mol. The summed E-state index contributed by atoms with van der Waals surface area (Å²) >= 11 is -3.17. The van der Waals surface area contributed by atoms with Crippen molar-refractivity contribution in [3.63, 3.8) is 0 Å². The van der Waals surface area contributed by atoms with Crippen LogP contribution in [-0.4, -0.2) is 28.9 Å². The summed E-state index contributed by atoms with van der Waals surface area (Å²) in [6.45, 7) is 8.79. The predicted octanol–water partition coefficient (Wildman–Crippen LogP) is 0.969. The van der Waals surface area contributed by atoms with Crippen molar-refractivity contribution in [3.05, 3.63) is 0 Å². The van der Waals surface area contributed by atoms with Crippen molar-refractivity contribution in [1.82, 2.24) is 0 Å². The Morgan fingerprint density at radius 2 is 1.07 bits per heavy atom. The molecule has 5 heteroatoms. The van der Waals surface area contributed by atoms with Crippen molar-refractivity contribution in [3.8, 4) is 0 Å². The van der Waals surface area contributed by atoms with Crippen molar-refractivity contribution in [2.24, 2.45) is 0 Å². The summed E-state index contributed by atoms with van der Waals surface area (Å²) in [5.41, 5.74) is 0. The van der Waals surface area contributed by atoms with Gasteiger partial charge in [-0.05, 0) is 27.7 Å². The fourth-order valence-electron chi connectivity index (χ4n) is 0.392. The molecule has 0 radical (unpaired) electrons. The fourth-order valence-corrected chi connectivity index (χ4v) is 8.58. The first-order valence-corrected chi connectivity index (χ1v) is 12.7. The first-order valence-electron chi connectivity index (χ1n) is 4.90. The molecule has 1 saturated heterocycles. The molecule has 4 nitrogen and oxygen atoms in total. The molecular weight excluding hydrogens is 351 g/mol. The van der Waals surface area contributed by atoms with E-state index in [0.29, 0.717) is 3.67 Å². The molecule has 0 bridgehead atoms. The normalized spacial score (nSPS) is 22.1. The monoisotopic (exact) mass is 376 g/mol. The standard InChI is InChI=1S/2C3H8O.C3H6.Hf.2H2O/c2*1-3(2)4;1-3-2;;;/h2*3-4H,1-2H3;3H,1H2,2H3;;2*1H2/q;;;+2;;/p-2. The molecule has 4 N–H and O–H groups in total.